The molecule has 0 bridgehead atoms. The van der Waals surface area contributed by atoms with Crippen LogP contribution in [-0.4, -0.2) is 9.78 Å². The third kappa shape index (κ3) is 2.70. The molecule has 2 aromatic rings. The largest absolute Gasteiger partial charge is 0.486 e. The van der Waals surface area contributed by atoms with Gasteiger partial charge in [-0.2, -0.15) is 5.10 Å². The Morgan fingerprint density at radius 1 is 1.39 bits per heavy atom. The molecule has 0 saturated heterocycles. The van der Waals surface area contributed by atoms with E-state index in [1.54, 1.807) is 0 Å². The van der Waals surface area contributed by atoms with Gasteiger partial charge in [0, 0.05) is 7.05 Å². The SMILES string of the molecule is Cc1ccc(Cl)c(OCc2c(Br)c(C)nn2C)c1. The smallest absolute Gasteiger partial charge is 0.138 e. The molecule has 18 heavy (non-hydrogen) atoms. The molecule has 0 spiro atoms. The maximum atomic E-state index is 6.09. The average Bonchev–Trinajstić information content (AvgIpc) is 2.55. The second-order valence-corrected chi connectivity index (χ2v) is 5.39. The van der Waals surface area contributed by atoms with E-state index >= 15 is 0 Å². The molecule has 0 N–H and O–H groups in total. The molecule has 96 valence electrons. The van der Waals surface area contributed by atoms with Gasteiger partial charge in [-0.15, -0.1) is 0 Å². The molecule has 0 atom stereocenters. The van der Waals surface area contributed by atoms with Crippen LogP contribution in [-0.2, 0) is 13.7 Å². The summed E-state index contributed by atoms with van der Waals surface area (Å²) in [6, 6.07) is 5.73. The molecular formula is C13H14BrClN2O. The zero-order valence-corrected chi connectivity index (χ0v) is 12.8. The second kappa shape index (κ2) is 5.33. The third-order valence-corrected chi connectivity index (χ3v) is 4.06. The fourth-order valence-corrected chi connectivity index (χ4v) is 2.33. The van der Waals surface area contributed by atoms with Crippen LogP contribution < -0.4 is 4.74 Å². The highest BCUT2D eigenvalue weighted by molar-refractivity contribution is 9.10. The van der Waals surface area contributed by atoms with Gasteiger partial charge >= 0.3 is 0 Å². The summed E-state index contributed by atoms with van der Waals surface area (Å²) in [5.74, 6) is 0.697. The Hall–Kier alpha value is -1.00. The maximum Gasteiger partial charge on any atom is 0.138 e. The number of rotatable bonds is 3. The van der Waals surface area contributed by atoms with Crippen LogP contribution in [0.1, 0.15) is 17.0 Å². The Morgan fingerprint density at radius 3 is 2.72 bits per heavy atom. The lowest BCUT2D eigenvalue weighted by atomic mass is 10.2. The van der Waals surface area contributed by atoms with Gasteiger partial charge in [-0.25, -0.2) is 0 Å². The van der Waals surface area contributed by atoms with Crippen molar-refractivity contribution in [2.75, 3.05) is 0 Å². The second-order valence-electron chi connectivity index (χ2n) is 4.19. The Bertz CT molecular complexity index is 581. The van der Waals surface area contributed by atoms with Crippen LogP contribution in [0.2, 0.25) is 5.02 Å². The van der Waals surface area contributed by atoms with Crippen molar-refractivity contribution in [1.82, 2.24) is 9.78 Å². The van der Waals surface area contributed by atoms with Gasteiger partial charge in [-0.05, 0) is 47.5 Å². The lowest BCUT2D eigenvalue weighted by molar-refractivity contribution is 0.294. The highest BCUT2D eigenvalue weighted by Crippen LogP contribution is 2.27. The van der Waals surface area contributed by atoms with Crippen LogP contribution >= 0.6 is 27.5 Å². The molecule has 0 aliphatic heterocycles. The Balaban J connectivity index is 2.19. The van der Waals surface area contributed by atoms with E-state index in [1.807, 2.05) is 43.8 Å². The number of benzene rings is 1. The molecule has 0 aliphatic rings. The Labute approximate surface area is 120 Å². The molecule has 1 heterocycles. The van der Waals surface area contributed by atoms with E-state index in [2.05, 4.69) is 21.0 Å². The van der Waals surface area contributed by atoms with Gasteiger partial charge in [-0.1, -0.05) is 17.7 Å². The zero-order valence-electron chi connectivity index (χ0n) is 10.5. The number of ether oxygens (including phenoxy) is 1. The molecule has 3 nitrogen and oxygen atoms in total. The minimum atomic E-state index is 0.432. The first-order chi connectivity index (χ1) is 8.49. The van der Waals surface area contributed by atoms with Crippen molar-refractivity contribution in [2.24, 2.45) is 7.05 Å². The summed E-state index contributed by atoms with van der Waals surface area (Å²) < 4.78 is 8.54. The standard InChI is InChI=1S/C13H14BrClN2O/c1-8-4-5-10(15)12(6-8)18-7-11-13(14)9(2)16-17(11)3/h4-6H,7H2,1-3H3. The zero-order chi connectivity index (χ0) is 13.3. The van der Waals surface area contributed by atoms with Crippen molar-refractivity contribution in [2.45, 2.75) is 20.5 Å². The van der Waals surface area contributed by atoms with Gasteiger partial charge < -0.3 is 4.74 Å². The summed E-state index contributed by atoms with van der Waals surface area (Å²) in [5.41, 5.74) is 3.06. The van der Waals surface area contributed by atoms with Crippen LogP contribution in [0, 0.1) is 13.8 Å². The van der Waals surface area contributed by atoms with E-state index < -0.39 is 0 Å². The van der Waals surface area contributed by atoms with Crippen LogP contribution in [0.4, 0.5) is 0 Å². The Kier molecular flexibility index (Phi) is 3.97. The summed E-state index contributed by atoms with van der Waals surface area (Å²) in [7, 11) is 1.90. The van der Waals surface area contributed by atoms with Crippen LogP contribution in [0.25, 0.3) is 0 Å². The summed E-state index contributed by atoms with van der Waals surface area (Å²) >= 11 is 9.60. The maximum absolute atomic E-state index is 6.09. The topological polar surface area (TPSA) is 27.1 Å². The summed E-state index contributed by atoms with van der Waals surface area (Å²) in [4.78, 5) is 0. The summed E-state index contributed by atoms with van der Waals surface area (Å²) in [5, 5.41) is 4.94. The van der Waals surface area contributed by atoms with Gasteiger partial charge in [0.1, 0.15) is 12.4 Å². The molecular weight excluding hydrogens is 316 g/mol. The van der Waals surface area contributed by atoms with Crippen molar-refractivity contribution < 1.29 is 4.74 Å². The highest BCUT2D eigenvalue weighted by atomic mass is 79.9. The van der Waals surface area contributed by atoms with Gasteiger partial charge in [0.25, 0.3) is 0 Å². The first kappa shape index (κ1) is 13.4. The molecule has 0 radical (unpaired) electrons. The quantitative estimate of drug-likeness (QED) is 0.850. The fraction of sp³-hybridized carbons (Fsp3) is 0.308. The fourth-order valence-electron chi connectivity index (χ4n) is 1.70. The number of aromatic nitrogens is 2. The number of hydrogen-bond acceptors (Lipinski definition) is 2. The molecule has 0 amide bonds. The van der Waals surface area contributed by atoms with Crippen LogP contribution in [0.3, 0.4) is 0 Å². The minimum Gasteiger partial charge on any atom is -0.486 e. The average molecular weight is 330 g/mol. The molecule has 5 heteroatoms. The van der Waals surface area contributed by atoms with E-state index in [0.29, 0.717) is 17.4 Å². The van der Waals surface area contributed by atoms with Crippen molar-refractivity contribution in [3.8, 4) is 5.75 Å². The molecule has 1 aromatic carbocycles. The molecule has 0 aliphatic carbocycles. The van der Waals surface area contributed by atoms with Crippen LogP contribution in [0.15, 0.2) is 22.7 Å². The van der Waals surface area contributed by atoms with Gasteiger partial charge in [0.15, 0.2) is 0 Å². The predicted octanol–water partition coefficient (Wildman–Crippen LogP) is 4.03. The number of hydrogen-bond donors (Lipinski definition) is 0. The third-order valence-electron chi connectivity index (χ3n) is 2.71. The summed E-state index contributed by atoms with van der Waals surface area (Å²) in [6.07, 6.45) is 0. The van der Waals surface area contributed by atoms with E-state index in [4.69, 9.17) is 16.3 Å². The van der Waals surface area contributed by atoms with E-state index in [-0.39, 0.29) is 0 Å². The molecule has 0 unspecified atom stereocenters. The highest BCUT2D eigenvalue weighted by Gasteiger charge is 2.12. The molecule has 1 aromatic heterocycles. The van der Waals surface area contributed by atoms with Gasteiger partial charge in [0.05, 0.1) is 20.9 Å². The predicted molar refractivity (Wildman–Crippen MR) is 76.2 cm³/mol. The molecule has 2 rings (SSSR count). The van der Waals surface area contributed by atoms with E-state index in [0.717, 1.165) is 21.4 Å². The van der Waals surface area contributed by atoms with Crippen molar-refractivity contribution >= 4 is 27.5 Å². The minimum absolute atomic E-state index is 0.432. The first-order valence-electron chi connectivity index (χ1n) is 5.56. The van der Waals surface area contributed by atoms with Crippen molar-refractivity contribution in [1.29, 1.82) is 0 Å². The lowest BCUT2D eigenvalue weighted by Gasteiger charge is -2.09. The van der Waals surface area contributed by atoms with Gasteiger partial charge in [0.2, 0.25) is 0 Å². The van der Waals surface area contributed by atoms with Crippen molar-refractivity contribution in [3.63, 3.8) is 0 Å². The normalized spacial score (nSPS) is 10.7. The first-order valence-corrected chi connectivity index (χ1v) is 6.73. The number of halogens is 2. The molecule has 0 saturated carbocycles. The van der Waals surface area contributed by atoms with Gasteiger partial charge in [-0.3, -0.25) is 4.68 Å². The monoisotopic (exact) mass is 328 g/mol. The summed E-state index contributed by atoms with van der Waals surface area (Å²) in [6.45, 7) is 4.39. The van der Waals surface area contributed by atoms with E-state index in [9.17, 15) is 0 Å². The number of aryl methyl sites for hydroxylation is 3. The van der Waals surface area contributed by atoms with Crippen LogP contribution in [0.5, 0.6) is 5.75 Å². The molecule has 0 fully saturated rings. The number of nitrogens with zero attached hydrogens (tertiary/aromatic N) is 2. The lowest BCUT2D eigenvalue weighted by Crippen LogP contribution is -2.04. The van der Waals surface area contributed by atoms with E-state index in [1.165, 1.54) is 0 Å². The van der Waals surface area contributed by atoms with Crippen molar-refractivity contribution in [3.05, 3.63) is 44.6 Å². The Morgan fingerprint density at radius 2 is 2.11 bits per heavy atom.